The van der Waals surface area contributed by atoms with E-state index in [1.807, 2.05) is 26.8 Å². The number of aliphatic hydroxyl groups is 1. The highest BCUT2D eigenvalue weighted by molar-refractivity contribution is 5.85. The fourth-order valence-corrected chi connectivity index (χ4v) is 6.35. The van der Waals surface area contributed by atoms with Gasteiger partial charge in [0.05, 0.1) is 18.6 Å². The molecule has 1 aliphatic carbocycles. The van der Waals surface area contributed by atoms with Gasteiger partial charge in [-0.3, -0.25) is 4.79 Å². The number of carbonyl (C=O) groups is 1. The van der Waals surface area contributed by atoms with Crippen LogP contribution in [0.15, 0.2) is 24.3 Å². The van der Waals surface area contributed by atoms with Crippen LogP contribution in [0.2, 0.25) is 0 Å². The Morgan fingerprint density at radius 1 is 1.03 bits per heavy atom. The maximum Gasteiger partial charge on any atom is 0.311 e. The lowest BCUT2D eigenvalue weighted by Gasteiger charge is -2.42. The fraction of sp³-hybridized carbons (Fsp3) is 0.700. The van der Waals surface area contributed by atoms with Crippen LogP contribution >= 0.6 is 0 Å². The van der Waals surface area contributed by atoms with Gasteiger partial charge in [-0.05, 0) is 77.2 Å². The first kappa shape index (κ1) is 26.2. The number of hydrogen-bond acceptors (Lipinski definition) is 4. The van der Waals surface area contributed by atoms with Gasteiger partial charge in [-0.1, -0.05) is 32.0 Å². The number of carbonyl (C=O) groups excluding carboxylic acids is 1. The van der Waals surface area contributed by atoms with Crippen molar-refractivity contribution >= 4 is 16.9 Å². The molecule has 1 aliphatic heterocycles. The number of hydrogen-bond donors (Lipinski definition) is 1. The third-order valence-electron chi connectivity index (χ3n) is 8.54. The number of para-hydroxylation sites is 1. The number of fused-ring (bicyclic) bond motifs is 1. The van der Waals surface area contributed by atoms with Gasteiger partial charge >= 0.3 is 5.97 Å². The molecule has 1 saturated carbocycles. The Bertz CT molecular complexity index is 987. The molecule has 0 bridgehead atoms. The minimum atomic E-state index is -0.506. The lowest BCUT2D eigenvalue weighted by atomic mass is 9.79. The average Bonchev–Trinajstić information content (AvgIpc) is 3.16. The molecule has 0 spiro atoms. The van der Waals surface area contributed by atoms with Gasteiger partial charge in [-0.2, -0.15) is 0 Å². The molecular formula is C30H46N2O3. The first-order valence-electron chi connectivity index (χ1n) is 13.8. The van der Waals surface area contributed by atoms with Gasteiger partial charge in [0.1, 0.15) is 0 Å². The number of piperidine rings is 1. The van der Waals surface area contributed by atoms with Crippen LogP contribution in [0.25, 0.3) is 10.9 Å². The van der Waals surface area contributed by atoms with E-state index >= 15 is 0 Å². The highest BCUT2D eigenvalue weighted by atomic mass is 16.5. The molecule has 35 heavy (non-hydrogen) atoms. The molecule has 1 N–H and O–H groups in total. The summed E-state index contributed by atoms with van der Waals surface area (Å²) in [7, 11) is 0. The maximum atomic E-state index is 12.3. The van der Waals surface area contributed by atoms with Crippen molar-refractivity contribution in [3.63, 3.8) is 0 Å². The summed E-state index contributed by atoms with van der Waals surface area (Å²) in [4.78, 5) is 15.1. The van der Waals surface area contributed by atoms with Crippen LogP contribution in [-0.4, -0.2) is 46.3 Å². The topological polar surface area (TPSA) is 54.7 Å². The monoisotopic (exact) mass is 482 g/mol. The minimum Gasteiger partial charge on any atom is -0.465 e. The Balaban J connectivity index is 1.49. The molecule has 2 aromatic rings. The van der Waals surface area contributed by atoms with Crippen LogP contribution in [0.3, 0.4) is 0 Å². The van der Waals surface area contributed by atoms with Gasteiger partial charge in [0, 0.05) is 53.8 Å². The van der Waals surface area contributed by atoms with Crippen molar-refractivity contribution in [2.45, 2.75) is 98.3 Å². The number of rotatable bonds is 7. The first-order valence-corrected chi connectivity index (χ1v) is 13.8. The van der Waals surface area contributed by atoms with Crippen molar-refractivity contribution < 1.29 is 14.6 Å². The summed E-state index contributed by atoms with van der Waals surface area (Å²) in [5, 5.41) is 11.4. The van der Waals surface area contributed by atoms with Gasteiger partial charge < -0.3 is 19.3 Å². The van der Waals surface area contributed by atoms with Gasteiger partial charge in [-0.15, -0.1) is 0 Å². The zero-order valence-electron chi connectivity index (χ0n) is 22.6. The van der Waals surface area contributed by atoms with Crippen LogP contribution in [0.4, 0.5) is 0 Å². The van der Waals surface area contributed by atoms with E-state index in [1.54, 1.807) is 0 Å². The molecule has 0 atom stereocenters. The predicted molar refractivity (Wildman–Crippen MR) is 142 cm³/mol. The zero-order chi connectivity index (χ0) is 25.2. The second-order valence-corrected chi connectivity index (χ2v) is 12.2. The molecule has 0 radical (unpaired) electrons. The Kier molecular flexibility index (Phi) is 8.27. The summed E-state index contributed by atoms with van der Waals surface area (Å²) in [5.74, 6) is 1.54. The lowest BCUT2D eigenvalue weighted by Crippen LogP contribution is -2.44. The van der Waals surface area contributed by atoms with E-state index in [0.717, 1.165) is 60.5 Å². The van der Waals surface area contributed by atoms with Crippen LogP contribution in [0, 0.1) is 17.3 Å². The quantitative estimate of drug-likeness (QED) is 0.483. The van der Waals surface area contributed by atoms with Crippen molar-refractivity contribution in [1.82, 2.24) is 9.47 Å². The summed E-state index contributed by atoms with van der Waals surface area (Å²) < 4.78 is 8.10. The number of aliphatic hydroxyl groups excluding tert-OH is 1. The summed E-state index contributed by atoms with van der Waals surface area (Å²) in [6, 6.07) is 9.59. The molecule has 4 rings (SSSR count). The van der Waals surface area contributed by atoms with E-state index in [4.69, 9.17) is 4.74 Å². The zero-order valence-corrected chi connectivity index (χ0v) is 22.6. The van der Waals surface area contributed by atoms with Crippen LogP contribution in [-0.2, 0) is 22.6 Å². The smallest absolute Gasteiger partial charge is 0.311 e. The van der Waals surface area contributed by atoms with E-state index < -0.39 is 5.41 Å². The lowest BCUT2D eigenvalue weighted by molar-refractivity contribution is -0.152. The minimum absolute atomic E-state index is 0.00794. The maximum absolute atomic E-state index is 12.3. The van der Waals surface area contributed by atoms with Gasteiger partial charge in [-0.25, -0.2) is 0 Å². The summed E-state index contributed by atoms with van der Waals surface area (Å²) in [5.41, 5.74) is 2.81. The highest BCUT2D eigenvalue weighted by Gasteiger charge is 2.32. The summed E-state index contributed by atoms with van der Waals surface area (Å²) in [6.45, 7) is 13.0. The Hall–Kier alpha value is -1.85. The standard InChI is InChI=1S/C30H46N2O3/c1-21(2)22-10-12-23(13-11-22)31-17-14-24(15-18-31)32-27-9-7-6-8-25(27)26(20-33)28(32)16-19-35-29(34)30(3,4)5/h6-9,21-24,33H,10-20H2,1-5H3/t22-,23+. The third-order valence-corrected chi connectivity index (χ3v) is 8.54. The Labute approximate surface area is 211 Å². The molecule has 2 heterocycles. The molecule has 5 heteroatoms. The van der Waals surface area contributed by atoms with Crippen LogP contribution in [0.5, 0.6) is 0 Å². The second kappa shape index (κ2) is 11.0. The number of likely N-dealkylation sites (tertiary alicyclic amines) is 1. The molecule has 0 amide bonds. The summed E-state index contributed by atoms with van der Waals surface area (Å²) >= 11 is 0. The van der Waals surface area contributed by atoms with E-state index in [0.29, 0.717) is 19.1 Å². The molecule has 2 aliphatic rings. The fourth-order valence-electron chi connectivity index (χ4n) is 6.35. The summed E-state index contributed by atoms with van der Waals surface area (Å²) in [6.07, 6.45) is 8.33. The second-order valence-electron chi connectivity index (χ2n) is 12.2. The normalized spacial score (nSPS) is 22.7. The predicted octanol–water partition coefficient (Wildman–Crippen LogP) is 6.12. The molecule has 1 aromatic heterocycles. The largest absolute Gasteiger partial charge is 0.465 e. The Morgan fingerprint density at radius 3 is 2.29 bits per heavy atom. The van der Waals surface area contributed by atoms with Crippen molar-refractivity contribution in [2.75, 3.05) is 19.7 Å². The van der Waals surface area contributed by atoms with Crippen molar-refractivity contribution in [3.8, 4) is 0 Å². The van der Waals surface area contributed by atoms with Crippen molar-refractivity contribution in [3.05, 3.63) is 35.5 Å². The van der Waals surface area contributed by atoms with E-state index in [1.165, 1.54) is 31.2 Å². The molecule has 2 fully saturated rings. The molecule has 1 saturated heterocycles. The van der Waals surface area contributed by atoms with E-state index in [9.17, 15) is 9.90 Å². The van der Waals surface area contributed by atoms with Crippen molar-refractivity contribution in [2.24, 2.45) is 17.3 Å². The van der Waals surface area contributed by atoms with Gasteiger partial charge in [0.15, 0.2) is 0 Å². The SMILES string of the molecule is CC(C)[C@H]1CC[C@@H](N2CCC(n3c(CCOC(=O)C(C)(C)C)c(CO)c4ccccc43)CC2)CC1. The van der Waals surface area contributed by atoms with Crippen LogP contribution in [0.1, 0.15) is 90.4 Å². The van der Waals surface area contributed by atoms with Crippen molar-refractivity contribution in [1.29, 1.82) is 0 Å². The van der Waals surface area contributed by atoms with E-state index in [-0.39, 0.29) is 12.6 Å². The molecular weight excluding hydrogens is 436 g/mol. The van der Waals surface area contributed by atoms with Crippen LogP contribution < -0.4 is 0 Å². The number of esters is 1. The average molecular weight is 483 g/mol. The number of aromatic nitrogens is 1. The van der Waals surface area contributed by atoms with Gasteiger partial charge in [0.2, 0.25) is 0 Å². The molecule has 5 nitrogen and oxygen atoms in total. The Morgan fingerprint density at radius 2 is 1.69 bits per heavy atom. The number of benzene rings is 1. The molecule has 1 aromatic carbocycles. The third kappa shape index (κ3) is 5.77. The molecule has 0 unspecified atom stereocenters. The molecule has 194 valence electrons. The first-order chi connectivity index (χ1) is 16.7. The van der Waals surface area contributed by atoms with E-state index in [2.05, 4.69) is 41.5 Å². The van der Waals surface area contributed by atoms with Gasteiger partial charge in [0.25, 0.3) is 0 Å². The highest BCUT2D eigenvalue weighted by Crippen LogP contribution is 2.37. The number of ether oxygens (including phenoxy) is 1. The number of nitrogens with zero attached hydrogens (tertiary/aromatic N) is 2.